The number of nitrogens with two attached hydrogens (primary N) is 1. The van der Waals surface area contributed by atoms with Gasteiger partial charge in [-0.15, -0.1) is 0 Å². The van der Waals surface area contributed by atoms with Crippen molar-refractivity contribution in [3.8, 4) is 0 Å². The molecule has 0 aromatic heterocycles. The molecule has 4 nitrogen and oxygen atoms in total. The Bertz CT molecular complexity index is 217. The summed E-state index contributed by atoms with van der Waals surface area (Å²) in [5.41, 5.74) is 4.50. The minimum Gasteiger partial charge on any atom is -0.376 e. The van der Waals surface area contributed by atoms with E-state index in [9.17, 15) is 4.79 Å². The second-order valence-electron chi connectivity index (χ2n) is 4.66. The van der Waals surface area contributed by atoms with Crippen LogP contribution in [0.5, 0.6) is 0 Å². The fraction of sp³-hybridized carbons (Fsp3) is 0.909. The molecule has 0 saturated heterocycles. The first-order valence-electron chi connectivity index (χ1n) is 5.40. The third-order valence-electron chi connectivity index (χ3n) is 3.04. The summed E-state index contributed by atoms with van der Waals surface area (Å²) in [7, 11) is 1.73. The average Bonchev–Trinajstić information content (AvgIpc) is 2.17. The fourth-order valence-electron chi connectivity index (χ4n) is 1.00. The van der Waals surface area contributed by atoms with E-state index < -0.39 is 5.54 Å². The van der Waals surface area contributed by atoms with Crippen molar-refractivity contribution in [2.24, 2.45) is 5.73 Å². The topological polar surface area (TPSA) is 64.3 Å². The molecule has 0 aromatic carbocycles. The molecule has 1 unspecified atom stereocenters. The molecule has 0 aliphatic carbocycles. The van der Waals surface area contributed by atoms with Crippen molar-refractivity contribution in [3.05, 3.63) is 0 Å². The van der Waals surface area contributed by atoms with Crippen LogP contribution in [0.3, 0.4) is 0 Å². The van der Waals surface area contributed by atoms with Crippen LogP contribution in [0.25, 0.3) is 0 Å². The van der Waals surface area contributed by atoms with Crippen LogP contribution in [-0.4, -0.2) is 30.7 Å². The van der Waals surface area contributed by atoms with Gasteiger partial charge < -0.3 is 15.8 Å². The van der Waals surface area contributed by atoms with E-state index in [0.717, 1.165) is 6.42 Å². The summed E-state index contributed by atoms with van der Waals surface area (Å²) in [5, 5.41) is 2.93. The van der Waals surface area contributed by atoms with E-state index >= 15 is 0 Å². The van der Waals surface area contributed by atoms with E-state index in [2.05, 4.69) is 12.2 Å². The molecule has 15 heavy (non-hydrogen) atoms. The first-order valence-corrected chi connectivity index (χ1v) is 5.40. The molecular formula is C11H24N2O2. The molecule has 0 aliphatic rings. The van der Waals surface area contributed by atoms with Crippen molar-refractivity contribution >= 4 is 5.91 Å². The van der Waals surface area contributed by atoms with Gasteiger partial charge in [0.25, 0.3) is 0 Å². The zero-order chi connectivity index (χ0) is 12.1. The summed E-state index contributed by atoms with van der Waals surface area (Å²) in [6.07, 6.45) is 1.53. The van der Waals surface area contributed by atoms with Crippen molar-refractivity contribution in [2.75, 3.05) is 13.7 Å². The summed E-state index contributed by atoms with van der Waals surface area (Å²) in [4.78, 5) is 11.2. The Hall–Kier alpha value is -0.610. The maximum absolute atomic E-state index is 11.2. The van der Waals surface area contributed by atoms with Crippen LogP contribution >= 0.6 is 0 Å². The maximum atomic E-state index is 11.2. The maximum Gasteiger partial charge on any atom is 0.237 e. The monoisotopic (exact) mass is 216 g/mol. The van der Waals surface area contributed by atoms with E-state index in [-0.39, 0.29) is 11.5 Å². The number of nitrogens with one attached hydrogen (secondary N) is 1. The van der Waals surface area contributed by atoms with Crippen molar-refractivity contribution in [2.45, 2.75) is 51.7 Å². The van der Waals surface area contributed by atoms with Gasteiger partial charge in [-0.3, -0.25) is 4.79 Å². The zero-order valence-electron chi connectivity index (χ0n) is 10.5. The molecule has 0 bridgehead atoms. The lowest BCUT2D eigenvalue weighted by Crippen LogP contribution is -2.52. The number of rotatable bonds is 7. The Morgan fingerprint density at radius 2 is 1.93 bits per heavy atom. The van der Waals surface area contributed by atoms with Crippen molar-refractivity contribution < 1.29 is 9.53 Å². The second-order valence-corrected chi connectivity index (χ2v) is 4.66. The molecule has 1 atom stereocenters. The van der Waals surface area contributed by atoms with Gasteiger partial charge in [0, 0.05) is 6.61 Å². The SMILES string of the molecule is CCC(C)(C)OCCC(C)(NC)C(N)=O. The van der Waals surface area contributed by atoms with E-state index in [1.807, 2.05) is 13.8 Å². The van der Waals surface area contributed by atoms with Crippen LogP contribution in [0, 0.1) is 0 Å². The molecule has 0 aromatic rings. The number of carbonyl (C=O) groups excluding carboxylic acids is 1. The molecule has 4 heteroatoms. The largest absolute Gasteiger partial charge is 0.376 e. The number of primary amides is 1. The predicted octanol–water partition coefficient (Wildman–Crippen LogP) is 1.05. The minimum atomic E-state index is -0.677. The molecule has 90 valence electrons. The van der Waals surface area contributed by atoms with E-state index in [4.69, 9.17) is 10.5 Å². The van der Waals surface area contributed by atoms with Gasteiger partial charge in [0.05, 0.1) is 11.1 Å². The molecule has 1 amide bonds. The number of ether oxygens (including phenoxy) is 1. The lowest BCUT2D eigenvalue weighted by Gasteiger charge is -2.29. The van der Waals surface area contributed by atoms with Crippen LogP contribution in [0.15, 0.2) is 0 Å². The first-order chi connectivity index (χ1) is 6.77. The predicted molar refractivity (Wildman–Crippen MR) is 61.6 cm³/mol. The summed E-state index contributed by atoms with van der Waals surface area (Å²) >= 11 is 0. The Morgan fingerprint density at radius 3 is 2.27 bits per heavy atom. The number of amides is 1. The highest BCUT2D eigenvalue weighted by molar-refractivity contribution is 5.84. The molecule has 0 heterocycles. The van der Waals surface area contributed by atoms with E-state index in [0.29, 0.717) is 13.0 Å². The van der Waals surface area contributed by atoms with Gasteiger partial charge >= 0.3 is 0 Å². The summed E-state index contributed by atoms with van der Waals surface area (Å²) in [6, 6.07) is 0. The third kappa shape index (κ3) is 4.62. The normalized spacial score (nSPS) is 16.1. The van der Waals surface area contributed by atoms with Gasteiger partial charge in [-0.25, -0.2) is 0 Å². The van der Waals surface area contributed by atoms with Crippen LogP contribution in [0.1, 0.15) is 40.5 Å². The number of hydrogen-bond donors (Lipinski definition) is 2. The number of hydrogen-bond acceptors (Lipinski definition) is 3. The van der Waals surface area contributed by atoms with Crippen LogP contribution in [0.4, 0.5) is 0 Å². The van der Waals surface area contributed by atoms with Gasteiger partial charge in [0.15, 0.2) is 0 Å². The first kappa shape index (κ1) is 14.4. The molecule has 0 saturated carbocycles. The Labute approximate surface area is 92.6 Å². The fourth-order valence-corrected chi connectivity index (χ4v) is 1.00. The highest BCUT2D eigenvalue weighted by Gasteiger charge is 2.29. The number of carbonyl (C=O) groups is 1. The summed E-state index contributed by atoms with van der Waals surface area (Å²) in [6.45, 7) is 8.46. The quantitative estimate of drug-likeness (QED) is 0.668. The molecule has 0 aliphatic heterocycles. The van der Waals surface area contributed by atoms with Crippen LogP contribution in [0.2, 0.25) is 0 Å². The summed E-state index contributed by atoms with van der Waals surface area (Å²) < 4.78 is 5.68. The molecule has 3 N–H and O–H groups in total. The Kier molecular flexibility index (Phi) is 5.24. The zero-order valence-corrected chi connectivity index (χ0v) is 10.5. The van der Waals surface area contributed by atoms with E-state index in [1.54, 1.807) is 14.0 Å². The van der Waals surface area contributed by atoms with Crippen molar-refractivity contribution in [1.82, 2.24) is 5.32 Å². The minimum absolute atomic E-state index is 0.133. The van der Waals surface area contributed by atoms with Crippen LogP contribution < -0.4 is 11.1 Å². The highest BCUT2D eigenvalue weighted by atomic mass is 16.5. The van der Waals surface area contributed by atoms with Gasteiger partial charge in [-0.2, -0.15) is 0 Å². The Morgan fingerprint density at radius 1 is 1.40 bits per heavy atom. The summed E-state index contributed by atoms with van der Waals surface area (Å²) in [5.74, 6) is -0.345. The standard InChI is InChI=1S/C11H24N2O2/c1-6-10(2,3)15-8-7-11(4,13-5)9(12)14/h13H,6-8H2,1-5H3,(H2,12,14). The van der Waals surface area contributed by atoms with Gasteiger partial charge in [-0.1, -0.05) is 6.92 Å². The van der Waals surface area contributed by atoms with Crippen molar-refractivity contribution in [3.63, 3.8) is 0 Å². The van der Waals surface area contributed by atoms with E-state index in [1.165, 1.54) is 0 Å². The lowest BCUT2D eigenvalue weighted by molar-refractivity contribution is -0.125. The molecule has 0 rings (SSSR count). The van der Waals surface area contributed by atoms with Gasteiger partial charge in [0.2, 0.25) is 5.91 Å². The average molecular weight is 216 g/mol. The third-order valence-corrected chi connectivity index (χ3v) is 3.04. The number of likely N-dealkylation sites (N-methyl/N-ethyl adjacent to an activating group) is 1. The van der Waals surface area contributed by atoms with Gasteiger partial charge in [0.1, 0.15) is 0 Å². The Balaban J connectivity index is 4.09. The molecule has 0 fully saturated rings. The smallest absolute Gasteiger partial charge is 0.237 e. The van der Waals surface area contributed by atoms with Crippen LogP contribution in [-0.2, 0) is 9.53 Å². The lowest BCUT2D eigenvalue weighted by atomic mass is 9.97. The second kappa shape index (κ2) is 5.47. The molecule has 0 spiro atoms. The highest BCUT2D eigenvalue weighted by Crippen LogP contribution is 2.16. The van der Waals surface area contributed by atoms with Crippen molar-refractivity contribution in [1.29, 1.82) is 0 Å². The molecular weight excluding hydrogens is 192 g/mol. The molecule has 0 radical (unpaired) electrons. The van der Waals surface area contributed by atoms with Gasteiger partial charge in [-0.05, 0) is 40.7 Å².